The van der Waals surface area contributed by atoms with Crippen LogP contribution < -0.4 is 5.32 Å². The summed E-state index contributed by atoms with van der Waals surface area (Å²) >= 11 is 0. The van der Waals surface area contributed by atoms with Crippen molar-refractivity contribution in [2.45, 2.75) is 37.6 Å². The van der Waals surface area contributed by atoms with E-state index >= 15 is 0 Å². The summed E-state index contributed by atoms with van der Waals surface area (Å²) in [7, 11) is -3.70. The molecule has 0 spiro atoms. The highest BCUT2D eigenvalue weighted by molar-refractivity contribution is 7.89. The number of hydrogen-bond acceptors (Lipinski definition) is 5. The lowest BCUT2D eigenvalue weighted by molar-refractivity contribution is -0.123. The largest absolute Gasteiger partial charge is 0.353 e. The van der Waals surface area contributed by atoms with Gasteiger partial charge in [-0.05, 0) is 25.5 Å². The van der Waals surface area contributed by atoms with E-state index in [1.54, 1.807) is 12.1 Å². The second-order valence-corrected chi connectivity index (χ2v) is 8.45. The maximum atomic E-state index is 12.8. The zero-order chi connectivity index (χ0) is 19.2. The van der Waals surface area contributed by atoms with Crippen molar-refractivity contribution in [3.8, 4) is 6.07 Å². The number of carbonyl (C=O) groups is 1. The summed E-state index contributed by atoms with van der Waals surface area (Å²) in [4.78, 5) is 14.1. The molecule has 0 bridgehead atoms. The van der Waals surface area contributed by atoms with Crippen LogP contribution in [-0.4, -0.2) is 62.3 Å². The fourth-order valence-electron chi connectivity index (χ4n) is 3.08. The van der Waals surface area contributed by atoms with Crippen LogP contribution in [0.2, 0.25) is 0 Å². The zero-order valence-electron chi connectivity index (χ0n) is 15.3. The van der Waals surface area contributed by atoms with Crippen molar-refractivity contribution in [3.05, 3.63) is 29.8 Å². The van der Waals surface area contributed by atoms with Crippen molar-refractivity contribution < 1.29 is 13.2 Å². The minimum atomic E-state index is -3.70. The normalized spacial score (nSPS) is 17.4. The monoisotopic (exact) mass is 378 g/mol. The molecule has 0 aliphatic carbocycles. The van der Waals surface area contributed by atoms with Gasteiger partial charge in [-0.1, -0.05) is 25.5 Å². The third-order valence-corrected chi connectivity index (χ3v) is 6.41. The quantitative estimate of drug-likeness (QED) is 0.769. The molecule has 0 unspecified atom stereocenters. The van der Waals surface area contributed by atoms with Gasteiger partial charge >= 0.3 is 0 Å². The van der Waals surface area contributed by atoms with E-state index in [0.29, 0.717) is 26.2 Å². The molecule has 0 saturated carbocycles. The molecule has 1 aromatic rings. The first-order valence-corrected chi connectivity index (χ1v) is 10.3. The van der Waals surface area contributed by atoms with E-state index < -0.39 is 10.0 Å². The fraction of sp³-hybridized carbons (Fsp3) is 0.556. The van der Waals surface area contributed by atoms with Crippen LogP contribution in [0.4, 0.5) is 0 Å². The summed E-state index contributed by atoms with van der Waals surface area (Å²) in [5, 5.41) is 12.1. The van der Waals surface area contributed by atoms with E-state index in [2.05, 4.69) is 12.2 Å². The van der Waals surface area contributed by atoms with Crippen molar-refractivity contribution >= 4 is 15.9 Å². The molecule has 1 saturated heterocycles. The second kappa shape index (κ2) is 9.12. The lowest BCUT2D eigenvalue weighted by atomic mass is 10.2. The summed E-state index contributed by atoms with van der Waals surface area (Å²) in [6.45, 7) is 5.93. The lowest BCUT2D eigenvalue weighted by Gasteiger charge is -2.33. The molecule has 1 aliphatic heterocycles. The molecule has 1 fully saturated rings. The van der Waals surface area contributed by atoms with Crippen LogP contribution in [0.25, 0.3) is 0 Å². The third-order valence-electron chi connectivity index (χ3n) is 4.45. The molecule has 26 heavy (non-hydrogen) atoms. The number of amides is 1. The first-order chi connectivity index (χ1) is 12.4. The Kier molecular flexibility index (Phi) is 7.14. The number of rotatable bonds is 7. The van der Waals surface area contributed by atoms with Gasteiger partial charge in [0.25, 0.3) is 0 Å². The van der Waals surface area contributed by atoms with Crippen molar-refractivity contribution in [1.82, 2.24) is 14.5 Å². The highest BCUT2D eigenvalue weighted by Crippen LogP contribution is 2.20. The number of carbonyl (C=O) groups excluding carboxylic acids is 1. The Morgan fingerprint density at radius 3 is 2.54 bits per heavy atom. The molecular weight excluding hydrogens is 352 g/mol. The van der Waals surface area contributed by atoms with E-state index in [1.807, 2.05) is 17.9 Å². The Labute approximate surface area is 155 Å². The van der Waals surface area contributed by atoms with Gasteiger partial charge in [0, 0.05) is 32.2 Å². The highest BCUT2D eigenvalue weighted by Gasteiger charge is 2.30. The van der Waals surface area contributed by atoms with Crippen molar-refractivity contribution in [2.75, 3.05) is 32.7 Å². The summed E-state index contributed by atoms with van der Waals surface area (Å²) < 4.78 is 27.0. The maximum Gasteiger partial charge on any atom is 0.244 e. The maximum absolute atomic E-state index is 12.8. The Bertz CT molecular complexity index is 765. The van der Waals surface area contributed by atoms with Crippen molar-refractivity contribution in [2.24, 2.45) is 0 Å². The average Bonchev–Trinajstić information content (AvgIpc) is 2.62. The predicted molar refractivity (Wildman–Crippen MR) is 98.9 cm³/mol. The van der Waals surface area contributed by atoms with E-state index in [-0.39, 0.29) is 29.0 Å². The number of piperazine rings is 1. The Hall–Kier alpha value is -1.95. The molecule has 1 heterocycles. The number of sulfonamides is 1. The van der Waals surface area contributed by atoms with Crippen LogP contribution in [0.1, 0.15) is 32.3 Å². The molecule has 8 heteroatoms. The van der Waals surface area contributed by atoms with E-state index in [0.717, 1.165) is 12.8 Å². The number of hydrogen-bond donors (Lipinski definition) is 1. The smallest absolute Gasteiger partial charge is 0.244 e. The standard InChI is InChI=1S/C18H26N4O3S/c1-3-6-15(2)20-18(23)14-21-9-11-22(12-10-21)26(24,25)17-8-5-4-7-16(17)13-19/h4-5,7-8,15H,3,6,9-12,14H2,1-2H3,(H,20,23)/t15-/m0/s1. The van der Waals surface area contributed by atoms with Crippen LogP contribution >= 0.6 is 0 Å². The van der Waals surface area contributed by atoms with Gasteiger partial charge in [-0.15, -0.1) is 0 Å². The van der Waals surface area contributed by atoms with E-state index in [9.17, 15) is 13.2 Å². The molecule has 1 aliphatic rings. The molecule has 1 atom stereocenters. The van der Waals surface area contributed by atoms with Gasteiger partial charge in [-0.3, -0.25) is 9.69 Å². The first kappa shape index (κ1) is 20.4. The van der Waals surface area contributed by atoms with E-state index in [4.69, 9.17) is 5.26 Å². The summed E-state index contributed by atoms with van der Waals surface area (Å²) in [5.74, 6) is -0.0305. The molecule has 2 rings (SSSR count). The number of nitriles is 1. The Morgan fingerprint density at radius 1 is 1.27 bits per heavy atom. The van der Waals surface area contributed by atoms with Crippen LogP contribution in [0.15, 0.2) is 29.2 Å². The first-order valence-electron chi connectivity index (χ1n) is 8.89. The number of nitrogens with one attached hydrogen (secondary N) is 1. The van der Waals surface area contributed by atoms with Crippen molar-refractivity contribution in [3.63, 3.8) is 0 Å². The molecule has 7 nitrogen and oxygen atoms in total. The van der Waals surface area contributed by atoms with Crippen LogP contribution in [0, 0.1) is 11.3 Å². The van der Waals surface area contributed by atoms with Crippen LogP contribution in [0.5, 0.6) is 0 Å². The molecule has 1 amide bonds. The summed E-state index contributed by atoms with van der Waals surface area (Å²) in [5.41, 5.74) is 0.152. The minimum Gasteiger partial charge on any atom is -0.353 e. The van der Waals surface area contributed by atoms with Gasteiger partial charge in [0.2, 0.25) is 15.9 Å². The molecule has 0 aromatic heterocycles. The van der Waals surface area contributed by atoms with Gasteiger partial charge in [0.1, 0.15) is 6.07 Å². The number of nitrogens with zero attached hydrogens (tertiary/aromatic N) is 3. The molecule has 142 valence electrons. The lowest BCUT2D eigenvalue weighted by Crippen LogP contribution is -2.51. The molecule has 1 aromatic carbocycles. The molecule has 1 N–H and O–H groups in total. The van der Waals surface area contributed by atoms with Gasteiger partial charge in [0.15, 0.2) is 0 Å². The van der Waals surface area contributed by atoms with Crippen molar-refractivity contribution in [1.29, 1.82) is 5.26 Å². The van der Waals surface area contributed by atoms with Gasteiger partial charge < -0.3 is 5.32 Å². The zero-order valence-corrected chi connectivity index (χ0v) is 16.1. The van der Waals surface area contributed by atoms with Crippen LogP contribution in [0.3, 0.4) is 0 Å². The predicted octanol–water partition coefficient (Wildman–Crippen LogP) is 1.17. The summed E-state index contributed by atoms with van der Waals surface area (Å²) in [6.07, 6.45) is 1.96. The highest BCUT2D eigenvalue weighted by atomic mass is 32.2. The molecular formula is C18H26N4O3S. The SMILES string of the molecule is CCC[C@H](C)NC(=O)CN1CCN(S(=O)(=O)c2ccccc2C#N)CC1. The number of benzene rings is 1. The van der Waals surface area contributed by atoms with Gasteiger partial charge in [0.05, 0.1) is 17.0 Å². The van der Waals surface area contributed by atoms with Crippen LogP contribution in [-0.2, 0) is 14.8 Å². The average molecular weight is 378 g/mol. The summed E-state index contributed by atoms with van der Waals surface area (Å²) in [6, 6.07) is 8.31. The second-order valence-electron chi connectivity index (χ2n) is 6.55. The molecule has 0 radical (unpaired) electrons. The van der Waals surface area contributed by atoms with Gasteiger partial charge in [-0.2, -0.15) is 9.57 Å². The minimum absolute atomic E-state index is 0.0305. The van der Waals surface area contributed by atoms with Gasteiger partial charge in [-0.25, -0.2) is 8.42 Å². The fourth-order valence-corrected chi connectivity index (χ4v) is 4.64. The Morgan fingerprint density at radius 2 is 1.92 bits per heavy atom. The third kappa shape index (κ3) is 5.04. The van der Waals surface area contributed by atoms with E-state index in [1.165, 1.54) is 16.4 Å². The Balaban J connectivity index is 1.94. The topological polar surface area (TPSA) is 93.5 Å².